The number of carbonyl (C=O) groups is 1. The van der Waals surface area contributed by atoms with Crippen molar-refractivity contribution >= 4 is 37.8 Å². The molecule has 5 heteroatoms. The summed E-state index contributed by atoms with van der Waals surface area (Å²) in [7, 11) is 0. The van der Waals surface area contributed by atoms with Crippen LogP contribution in [0.2, 0.25) is 0 Å². The lowest BCUT2D eigenvalue weighted by atomic mass is 10.2. The maximum atomic E-state index is 11.8. The molecule has 0 spiro atoms. The number of hydrogen-bond acceptors (Lipinski definition) is 2. The summed E-state index contributed by atoms with van der Waals surface area (Å²) in [6.07, 6.45) is 0.187. The Balaban J connectivity index is 2.47. The fraction of sp³-hybridized carbons (Fsp3) is 0.417. The van der Waals surface area contributed by atoms with Crippen molar-refractivity contribution in [2.75, 3.05) is 13.2 Å². The molecule has 0 unspecified atom stereocenters. The Hall–Kier alpha value is -0.390. The first-order valence-electron chi connectivity index (χ1n) is 5.35. The maximum absolute atomic E-state index is 11.8. The molecule has 0 atom stereocenters. The molecule has 1 rings (SSSR count). The van der Waals surface area contributed by atoms with E-state index in [1.54, 1.807) is 12.1 Å². The van der Waals surface area contributed by atoms with Crippen molar-refractivity contribution in [3.8, 4) is 0 Å². The van der Waals surface area contributed by atoms with Crippen LogP contribution in [-0.2, 0) is 4.74 Å². The van der Waals surface area contributed by atoms with E-state index in [-0.39, 0.29) is 12.0 Å². The van der Waals surface area contributed by atoms with Gasteiger partial charge >= 0.3 is 0 Å². The number of carbonyl (C=O) groups excluding carboxylic acids is 1. The molecule has 0 aliphatic rings. The van der Waals surface area contributed by atoms with E-state index in [0.29, 0.717) is 18.7 Å². The van der Waals surface area contributed by atoms with E-state index in [2.05, 4.69) is 37.2 Å². The second-order valence-electron chi connectivity index (χ2n) is 3.83. The van der Waals surface area contributed by atoms with E-state index in [9.17, 15) is 4.79 Å². The fourth-order valence-electron chi connectivity index (χ4n) is 1.25. The topological polar surface area (TPSA) is 38.3 Å². The smallest absolute Gasteiger partial charge is 0.251 e. The molecule has 17 heavy (non-hydrogen) atoms. The van der Waals surface area contributed by atoms with Gasteiger partial charge in [0.1, 0.15) is 0 Å². The van der Waals surface area contributed by atoms with Gasteiger partial charge in [0.05, 0.1) is 12.7 Å². The lowest BCUT2D eigenvalue weighted by Crippen LogP contribution is -2.28. The molecule has 0 fully saturated rings. The van der Waals surface area contributed by atoms with Gasteiger partial charge < -0.3 is 10.1 Å². The maximum Gasteiger partial charge on any atom is 0.251 e. The minimum atomic E-state index is -0.0978. The van der Waals surface area contributed by atoms with E-state index in [1.807, 2.05) is 19.9 Å². The number of rotatable bonds is 5. The van der Waals surface area contributed by atoms with Crippen LogP contribution >= 0.6 is 31.9 Å². The molecule has 1 N–H and O–H groups in total. The van der Waals surface area contributed by atoms with Crippen LogP contribution in [0.1, 0.15) is 24.2 Å². The lowest BCUT2D eigenvalue weighted by molar-refractivity contribution is 0.0746. The normalized spacial score (nSPS) is 10.6. The van der Waals surface area contributed by atoms with Gasteiger partial charge in [-0.1, -0.05) is 31.9 Å². The third-order valence-electron chi connectivity index (χ3n) is 1.96. The van der Waals surface area contributed by atoms with Gasteiger partial charge in [-0.3, -0.25) is 4.79 Å². The van der Waals surface area contributed by atoms with E-state index in [4.69, 9.17) is 4.74 Å². The van der Waals surface area contributed by atoms with Gasteiger partial charge in [-0.15, -0.1) is 0 Å². The molecule has 1 aromatic rings. The highest BCUT2D eigenvalue weighted by atomic mass is 79.9. The van der Waals surface area contributed by atoms with Crippen LogP contribution in [0, 0.1) is 0 Å². The number of ether oxygens (including phenoxy) is 1. The highest BCUT2D eigenvalue weighted by Crippen LogP contribution is 2.19. The zero-order valence-electron chi connectivity index (χ0n) is 9.80. The highest BCUT2D eigenvalue weighted by molar-refractivity contribution is 9.11. The monoisotopic (exact) mass is 363 g/mol. The second kappa shape index (κ2) is 7.13. The Bertz CT molecular complexity index is 374. The summed E-state index contributed by atoms with van der Waals surface area (Å²) in [6, 6.07) is 5.45. The quantitative estimate of drug-likeness (QED) is 0.813. The van der Waals surface area contributed by atoms with Gasteiger partial charge in [0.2, 0.25) is 0 Å². The van der Waals surface area contributed by atoms with E-state index < -0.39 is 0 Å². The summed E-state index contributed by atoms with van der Waals surface area (Å²) in [4.78, 5) is 11.8. The summed E-state index contributed by atoms with van der Waals surface area (Å²) in [5, 5.41) is 2.80. The summed E-state index contributed by atoms with van der Waals surface area (Å²) >= 11 is 6.69. The predicted octanol–water partition coefficient (Wildman–Crippen LogP) is 3.37. The van der Waals surface area contributed by atoms with Crippen molar-refractivity contribution in [2.45, 2.75) is 20.0 Å². The molecular weight excluding hydrogens is 350 g/mol. The number of halogens is 2. The average molecular weight is 365 g/mol. The third kappa shape index (κ3) is 5.66. The van der Waals surface area contributed by atoms with Gasteiger partial charge in [-0.25, -0.2) is 0 Å². The van der Waals surface area contributed by atoms with Gasteiger partial charge in [0.25, 0.3) is 5.91 Å². The van der Waals surface area contributed by atoms with Crippen molar-refractivity contribution in [1.29, 1.82) is 0 Å². The molecule has 0 aliphatic heterocycles. The van der Waals surface area contributed by atoms with Gasteiger partial charge in [0, 0.05) is 21.1 Å². The van der Waals surface area contributed by atoms with Crippen LogP contribution in [0.4, 0.5) is 0 Å². The molecule has 1 amide bonds. The standard InChI is InChI=1S/C12H15Br2NO2/c1-8(2)17-4-3-15-12(16)9-5-10(13)7-11(14)6-9/h5-8H,3-4H2,1-2H3,(H,15,16). The average Bonchev–Trinajstić information content (AvgIpc) is 2.22. The molecule has 0 aliphatic carbocycles. The molecule has 1 aromatic carbocycles. The first-order chi connectivity index (χ1) is 7.99. The molecule has 0 saturated carbocycles. The minimum Gasteiger partial charge on any atom is -0.377 e. The number of nitrogens with one attached hydrogen (secondary N) is 1. The molecule has 0 saturated heterocycles. The van der Waals surface area contributed by atoms with Gasteiger partial charge in [-0.2, -0.15) is 0 Å². The lowest BCUT2D eigenvalue weighted by Gasteiger charge is -2.09. The molecule has 94 valence electrons. The van der Waals surface area contributed by atoms with Gasteiger partial charge in [0.15, 0.2) is 0 Å². The predicted molar refractivity (Wildman–Crippen MR) is 75.3 cm³/mol. The first kappa shape index (κ1) is 14.7. The van der Waals surface area contributed by atoms with E-state index in [0.717, 1.165) is 8.95 Å². The Morgan fingerprint density at radius 1 is 1.29 bits per heavy atom. The SMILES string of the molecule is CC(C)OCCNC(=O)c1cc(Br)cc(Br)c1. The van der Waals surface area contributed by atoms with Crippen molar-refractivity contribution in [2.24, 2.45) is 0 Å². The van der Waals surface area contributed by atoms with E-state index in [1.165, 1.54) is 0 Å². The Morgan fingerprint density at radius 2 is 1.88 bits per heavy atom. The van der Waals surface area contributed by atoms with E-state index >= 15 is 0 Å². The number of hydrogen-bond donors (Lipinski definition) is 1. The minimum absolute atomic E-state index is 0.0978. The summed E-state index contributed by atoms with van der Waals surface area (Å²) in [5.41, 5.74) is 0.621. The molecule has 0 radical (unpaired) electrons. The van der Waals surface area contributed by atoms with Crippen LogP contribution in [0.3, 0.4) is 0 Å². The second-order valence-corrected chi connectivity index (χ2v) is 5.66. The van der Waals surface area contributed by atoms with Crippen molar-refractivity contribution in [3.05, 3.63) is 32.7 Å². The fourth-order valence-corrected chi connectivity index (χ4v) is 2.54. The van der Waals surface area contributed by atoms with Crippen LogP contribution in [-0.4, -0.2) is 25.2 Å². The summed E-state index contributed by atoms with van der Waals surface area (Å²) < 4.78 is 7.08. The highest BCUT2D eigenvalue weighted by Gasteiger charge is 2.06. The first-order valence-corrected chi connectivity index (χ1v) is 6.93. The van der Waals surface area contributed by atoms with Crippen LogP contribution in [0.5, 0.6) is 0 Å². The van der Waals surface area contributed by atoms with Crippen molar-refractivity contribution in [1.82, 2.24) is 5.32 Å². The zero-order chi connectivity index (χ0) is 12.8. The molecule has 0 heterocycles. The number of amides is 1. The Labute approximate surface area is 118 Å². The van der Waals surface area contributed by atoms with Gasteiger partial charge in [-0.05, 0) is 32.0 Å². The van der Waals surface area contributed by atoms with Crippen molar-refractivity contribution < 1.29 is 9.53 Å². The molecule has 0 aromatic heterocycles. The number of benzene rings is 1. The molecular formula is C12H15Br2NO2. The molecule has 3 nitrogen and oxygen atoms in total. The largest absolute Gasteiger partial charge is 0.377 e. The van der Waals surface area contributed by atoms with Crippen LogP contribution in [0.15, 0.2) is 27.1 Å². The zero-order valence-corrected chi connectivity index (χ0v) is 13.0. The van der Waals surface area contributed by atoms with Crippen LogP contribution in [0.25, 0.3) is 0 Å². The summed E-state index contributed by atoms with van der Waals surface area (Å²) in [6.45, 7) is 4.97. The third-order valence-corrected chi connectivity index (χ3v) is 2.88. The Morgan fingerprint density at radius 3 is 2.41 bits per heavy atom. The van der Waals surface area contributed by atoms with Crippen molar-refractivity contribution in [3.63, 3.8) is 0 Å². The summed E-state index contributed by atoms with van der Waals surface area (Å²) in [5.74, 6) is -0.0978. The Kier molecular flexibility index (Phi) is 6.16. The molecule has 0 bridgehead atoms. The van der Waals surface area contributed by atoms with Crippen LogP contribution < -0.4 is 5.32 Å².